The molecule has 0 aliphatic heterocycles. The van der Waals surface area contributed by atoms with E-state index in [0.717, 1.165) is 54.7 Å². The van der Waals surface area contributed by atoms with Gasteiger partial charge in [-0.15, -0.1) is 0 Å². The Morgan fingerprint density at radius 3 is 2.34 bits per heavy atom. The summed E-state index contributed by atoms with van der Waals surface area (Å²) in [5.74, 6) is 1.04. The normalized spacial score (nSPS) is 11.0. The third kappa shape index (κ3) is 8.10. The van der Waals surface area contributed by atoms with Crippen molar-refractivity contribution < 1.29 is 4.79 Å². The highest BCUT2D eigenvalue weighted by molar-refractivity contribution is 7.99. The van der Waals surface area contributed by atoms with Crippen molar-refractivity contribution in [3.05, 3.63) is 111 Å². The maximum Gasteiger partial charge on any atom is 0.277 e. The number of aromatic nitrogens is 4. The monoisotopic (exact) mass is 546 g/mol. The van der Waals surface area contributed by atoms with Gasteiger partial charge in [-0.05, 0) is 61.7 Å². The minimum atomic E-state index is -0.218. The van der Waals surface area contributed by atoms with Crippen molar-refractivity contribution in [1.29, 1.82) is 0 Å². The lowest BCUT2D eigenvalue weighted by Gasteiger charge is -2.14. The molecule has 6 nitrogen and oxygen atoms in total. The summed E-state index contributed by atoms with van der Waals surface area (Å²) in [7, 11) is 0. The Bertz CT molecular complexity index is 1390. The van der Waals surface area contributed by atoms with E-state index < -0.39 is 0 Å². The maximum atomic E-state index is 12.9. The predicted molar refractivity (Wildman–Crippen MR) is 154 cm³/mol. The summed E-state index contributed by atoms with van der Waals surface area (Å²) in [6, 6.07) is 15.3. The lowest BCUT2D eigenvalue weighted by molar-refractivity contribution is 0.0979. The van der Waals surface area contributed by atoms with Crippen molar-refractivity contribution in [3.63, 3.8) is 0 Å². The van der Waals surface area contributed by atoms with E-state index in [1.807, 2.05) is 22.9 Å². The van der Waals surface area contributed by atoms with E-state index in [0.29, 0.717) is 28.6 Å². The Kier molecular flexibility index (Phi) is 10.2. The molecular formula is C30H31ClN4O2S. The summed E-state index contributed by atoms with van der Waals surface area (Å²) in [5, 5.41) is 1.34. The number of rotatable bonds is 13. The number of Topliss-reactive ketones (excluding diaryl/α,β-unsaturated/α-hetero) is 1. The number of hydrogen-bond donors (Lipinski definition) is 0. The molecule has 0 aliphatic carbocycles. The molecule has 0 atom stereocenters. The number of halogens is 1. The zero-order valence-corrected chi connectivity index (χ0v) is 23.0. The van der Waals surface area contributed by atoms with E-state index in [9.17, 15) is 9.59 Å². The third-order valence-electron chi connectivity index (χ3n) is 6.23. The van der Waals surface area contributed by atoms with Gasteiger partial charge < -0.3 is 0 Å². The summed E-state index contributed by atoms with van der Waals surface area (Å²) in [6.07, 6.45) is 12.9. The van der Waals surface area contributed by atoms with Crippen LogP contribution in [0.15, 0.2) is 83.4 Å². The molecule has 196 valence electrons. The largest absolute Gasteiger partial charge is 0.296 e. The van der Waals surface area contributed by atoms with Crippen molar-refractivity contribution in [1.82, 2.24) is 19.5 Å². The van der Waals surface area contributed by atoms with Gasteiger partial charge in [0.25, 0.3) is 5.56 Å². The molecule has 38 heavy (non-hydrogen) atoms. The molecule has 0 saturated heterocycles. The van der Waals surface area contributed by atoms with Crippen molar-refractivity contribution in [2.45, 2.75) is 57.0 Å². The van der Waals surface area contributed by atoms with Crippen molar-refractivity contribution in [2.24, 2.45) is 0 Å². The molecule has 0 radical (unpaired) electrons. The molecule has 4 aromatic rings. The molecular weight excluding hydrogens is 516 g/mol. The van der Waals surface area contributed by atoms with Gasteiger partial charge in [0.2, 0.25) is 0 Å². The average molecular weight is 547 g/mol. The van der Waals surface area contributed by atoms with Gasteiger partial charge in [-0.25, -0.2) is 9.97 Å². The fourth-order valence-corrected chi connectivity index (χ4v) is 5.20. The number of unbranched alkanes of at least 4 members (excludes halogenated alkanes) is 4. The zero-order chi connectivity index (χ0) is 26.7. The molecule has 0 aliphatic rings. The van der Waals surface area contributed by atoms with Gasteiger partial charge in [0.15, 0.2) is 10.9 Å². The lowest BCUT2D eigenvalue weighted by atomic mass is 10.0. The molecule has 0 saturated carbocycles. The van der Waals surface area contributed by atoms with Crippen LogP contribution in [0.4, 0.5) is 0 Å². The number of hydrogen-bond acceptors (Lipinski definition) is 6. The van der Waals surface area contributed by atoms with Crippen LogP contribution in [-0.2, 0) is 6.42 Å². The molecule has 2 aromatic carbocycles. The Morgan fingerprint density at radius 1 is 0.921 bits per heavy atom. The fourth-order valence-electron chi connectivity index (χ4n) is 4.09. The van der Waals surface area contributed by atoms with Crippen LogP contribution in [0.2, 0.25) is 5.02 Å². The van der Waals surface area contributed by atoms with Crippen LogP contribution < -0.4 is 5.56 Å². The number of thioether (sulfide) groups is 1. The second kappa shape index (κ2) is 14.0. The summed E-state index contributed by atoms with van der Waals surface area (Å²) in [4.78, 5) is 37.7. The first-order valence-corrected chi connectivity index (χ1v) is 14.2. The van der Waals surface area contributed by atoms with E-state index in [2.05, 4.69) is 34.0 Å². The van der Waals surface area contributed by atoms with Crippen molar-refractivity contribution in [2.75, 3.05) is 5.75 Å². The number of carbonyl (C=O) groups excluding carboxylic acids is 1. The molecule has 0 amide bonds. The van der Waals surface area contributed by atoms with Gasteiger partial charge in [-0.1, -0.05) is 60.3 Å². The van der Waals surface area contributed by atoms with Crippen LogP contribution in [-0.4, -0.2) is 31.1 Å². The van der Waals surface area contributed by atoms with Gasteiger partial charge in [0.05, 0.1) is 0 Å². The predicted octanol–water partition coefficient (Wildman–Crippen LogP) is 6.89. The van der Waals surface area contributed by atoms with Crippen molar-refractivity contribution >= 4 is 29.1 Å². The van der Waals surface area contributed by atoms with E-state index in [-0.39, 0.29) is 11.3 Å². The standard InChI is InChI=1S/C30H31ClN4O2S/c1-22-8-14-27(15-9-22)35-20-25(17-23-18-32-21-33-19-23)29(37)34-30(35)38-16-6-4-2-3-5-7-28(36)24-10-12-26(31)13-11-24/h8-15,18-21H,2-7,16-17H2,1H3. The van der Waals surface area contributed by atoms with Gasteiger partial charge in [-0.3, -0.25) is 14.2 Å². The highest BCUT2D eigenvalue weighted by atomic mass is 35.5. The molecule has 0 N–H and O–H groups in total. The molecule has 8 heteroatoms. The Hall–Kier alpha value is -3.29. The molecule has 4 rings (SSSR count). The van der Waals surface area contributed by atoms with Gasteiger partial charge in [0, 0.05) is 59.0 Å². The Balaban J connectivity index is 1.30. The minimum Gasteiger partial charge on any atom is -0.296 e. The zero-order valence-electron chi connectivity index (χ0n) is 21.5. The van der Waals surface area contributed by atoms with Crippen LogP contribution >= 0.6 is 23.4 Å². The van der Waals surface area contributed by atoms with Crippen LogP contribution in [0.5, 0.6) is 0 Å². The highest BCUT2D eigenvalue weighted by Crippen LogP contribution is 2.22. The smallest absolute Gasteiger partial charge is 0.277 e. The number of aryl methyl sites for hydroxylation is 1. The van der Waals surface area contributed by atoms with Crippen LogP contribution in [0.25, 0.3) is 5.69 Å². The van der Waals surface area contributed by atoms with E-state index >= 15 is 0 Å². The summed E-state index contributed by atoms with van der Waals surface area (Å²) in [6.45, 7) is 2.05. The third-order valence-corrected chi connectivity index (χ3v) is 7.52. The highest BCUT2D eigenvalue weighted by Gasteiger charge is 2.12. The first-order chi connectivity index (χ1) is 18.5. The molecule has 0 spiro atoms. The fraction of sp³-hybridized carbons (Fsp3) is 0.300. The first-order valence-electron chi connectivity index (χ1n) is 12.8. The van der Waals surface area contributed by atoms with Gasteiger partial charge in [-0.2, -0.15) is 4.98 Å². The number of nitrogens with zero attached hydrogens (tertiary/aromatic N) is 4. The number of carbonyl (C=O) groups is 1. The molecule has 2 aromatic heterocycles. The number of ketones is 1. The van der Waals surface area contributed by atoms with Crippen LogP contribution in [0, 0.1) is 6.92 Å². The second-order valence-electron chi connectivity index (χ2n) is 9.28. The quantitative estimate of drug-likeness (QED) is 0.0786. The Morgan fingerprint density at radius 2 is 1.61 bits per heavy atom. The minimum absolute atomic E-state index is 0.167. The SMILES string of the molecule is Cc1ccc(-n2cc(Cc3cncnc3)c(=O)nc2SCCCCCCCC(=O)c2ccc(Cl)cc2)cc1. The van der Waals surface area contributed by atoms with Crippen LogP contribution in [0.3, 0.4) is 0 Å². The van der Waals surface area contributed by atoms with E-state index in [1.165, 1.54) is 11.9 Å². The lowest BCUT2D eigenvalue weighted by Crippen LogP contribution is -2.19. The van der Waals surface area contributed by atoms with Crippen LogP contribution in [0.1, 0.15) is 65.6 Å². The molecule has 0 fully saturated rings. The van der Waals surface area contributed by atoms with Gasteiger partial charge >= 0.3 is 0 Å². The second-order valence-corrected chi connectivity index (χ2v) is 10.8. The van der Waals surface area contributed by atoms with E-state index in [4.69, 9.17) is 11.6 Å². The summed E-state index contributed by atoms with van der Waals surface area (Å²) in [5.41, 5.74) is 4.14. The molecule has 0 bridgehead atoms. The van der Waals surface area contributed by atoms with E-state index in [1.54, 1.807) is 48.4 Å². The maximum absolute atomic E-state index is 12.9. The van der Waals surface area contributed by atoms with Gasteiger partial charge in [0.1, 0.15) is 6.33 Å². The number of benzene rings is 2. The first kappa shape index (κ1) is 27.7. The molecule has 2 heterocycles. The molecule has 0 unspecified atom stereocenters. The Labute approximate surface area is 232 Å². The summed E-state index contributed by atoms with van der Waals surface area (Å²) >= 11 is 7.50. The van der Waals surface area contributed by atoms with Crippen molar-refractivity contribution in [3.8, 4) is 5.69 Å². The average Bonchev–Trinajstić information content (AvgIpc) is 2.93. The topological polar surface area (TPSA) is 77.7 Å². The summed E-state index contributed by atoms with van der Waals surface area (Å²) < 4.78 is 2.01.